The minimum atomic E-state index is 0.531. The number of aromatic nitrogens is 2. The Morgan fingerprint density at radius 2 is 1.78 bits per heavy atom. The topological polar surface area (TPSA) is 68.3 Å². The van der Waals surface area contributed by atoms with Gasteiger partial charge in [0.05, 0.1) is 13.7 Å². The quantitative estimate of drug-likeness (QED) is 0.656. The molecule has 0 unspecified atom stereocenters. The van der Waals surface area contributed by atoms with E-state index in [1.54, 1.807) is 13.3 Å². The van der Waals surface area contributed by atoms with Gasteiger partial charge in [-0.25, -0.2) is 4.98 Å². The number of hydrogen-bond acceptors (Lipinski definition) is 6. The number of benzene rings is 1. The maximum atomic E-state index is 5.65. The van der Waals surface area contributed by atoms with Gasteiger partial charge in [0.2, 0.25) is 5.95 Å². The molecular weight excluding hydrogens is 292 g/mol. The zero-order valence-electron chi connectivity index (χ0n) is 13.7. The lowest BCUT2D eigenvalue weighted by molar-refractivity contribution is 0.331. The number of nitrogens with one attached hydrogen (secondary N) is 2. The molecule has 6 nitrogen and oxygen atoms in total. The van der Waals surface area contributed by atoms with Crippen LogP contribution in [-0.2, 0) is 0 Å². The summed E-state index contributed by atoms with van der Waals surface area (Å²) in [5.41, 5.74) is 0. The summed E-state index contributed by atoms with van der Waals surface area (Å²) in [6.45, 7) is 4.25. The van der Waals surface area contributed by atoms with Gasteiger partial charge in [-0.1, -0.05) is 13.3 Å². The molecule has 1 aromatic carbocycles. The molecule has 0 saturated carbocycles. The lowest BCUT2D eigenvalue weighted by Crippen LogP contribution is -2.14. The van der Waals surface area contributed by atoms with Crippen LogP contribution < -0.4 is 20.1 Å². The van der Waals surface area contributed by atoms with E-state index in [1.165, 1.54) is 0 Å². The molecule has 0 aliphatic rings. The molecule has 0 aliphatic heterocycles. The fourth-order valence-electron chi connectivity index (χ4n) is 1.94. The van der Waals surface area contributed by atoms with Gasteiger partial charge < -0.3 is 20.1 Å². The molecule has 2 aromatic rings. The van der Waals surface area contributed by atoms with E-state index in [-0.39, 0.29) is 0 Å². The zero-order chi connectivity index (χ0) is 16.3. The molecule has 0 aliphatic carbocycles. The predicted molar refractivity (Wildman–Crippen MR) is 92.4 cm³/mol. The SMILES string of the molecule is CCCCNc1ccnc(NCCOc2ccc(OC)cc2)n1. The third-order valence-electron chi connectivity index (χ3n) is 3.21. The maximum absolute atomic E-state index is 5.65. The summed E-state index contributed by atoms with van der Waals surface area (Å²) in [5, 5.41) is 6.44. The highest BCUT2D eigenvalue weighted by Gasteiger charge is 1.99. The third kappa shape index (κ3) is 6.02. The van der Waals surface area contributed by atoms with E-state index in [4.69, 9.17) is 9.47 Å². The molecule has 124 valence electrons. The minimum Gasteiger partial charge on any atom is -0.497 e. The van der Waals surface area contributed by atoms with E-state index in [9.17, 15) is 0 Å². The second-order valence-electron chi connectivity index (χ2n) is 5.00. The van der Waals surface area contributed by atoms with E-state index < -0.39 is 0 Å². The van der Waals surface area contributed by atoms with Crippen LogP contribution in [0.1, 0.15) is 19.8 Å². The van der Waals surface area contributed by atoms with Crippen LogP contribution in [0, 0.1) is 0 Å². The predicted octanol–water partition coefficient (Wildman–Crippen LogP) is 3.19. The smallest absolute Gasteiger partial charge is 0.224 e. The number of anilines is 2. The Morgan fingerprint density at radius 1 is 1.00 bits per heavy atom. The van der Waals surface area contributed by atoms with Crippen LogP contribution in [0.5, 0.6) is 11.5 Å². The standard InChI is InChI=1S/C17H24N4O2/c1-3-4-10-18-16-9-11-19-17(21-16)20-12-13-23-15-7-5-14(22-2)6-8-15/h5-9,11H,3-4,10,12-13H2,1-2H3,(H2,18,19,20,21). The van der Waals surface area contributed by atoms with Gasteiger partial charge in [0.15, 0.2) is 0 Å². The Kier molecular flexibility index (Phi) is 6.97. The molecule has 0 radical (unpaired) electrons. The Hall–Kier alpha value is -2.50. The first-order valence-electron chi connectivity index (χ1n) is 7.89. The molecule has 0 saturated heterocycles. The summed E-state index contributed by atoms with van der Waals surface area (Å²) in [5.74, 6) is 3.07. The largest absolute Gasteiger partial charge is 0.497 e. The molecule has 0 atom stereocenters. The highest BCUT2D eigenvalue weighted by atomic mass is 16.5. The van der Waals surface area contributed by atoms with E-state index in [0.717, 1.165) is 36.7 Å². The molecule has 6 heteroatoms. The van der Waals surface area contributed by atoms with Crippen molar-refractivity contribution in [3.05, 3.63) is 36.5 Å². The number of nitrogens with zero attached hydrogens (tertiary/aromatic N) is 2. The number of unbranched alkanes of at least 4 members (excludes halogenated alkanes) is 1. The molecule has 0 fully saturated rings. The van der Waals surface area contributed by atoms with Crippen LogP contribution >= 0.6 is 0 Å². The van der Waals surface area contributed by atoms with Crippen LogP contribution in [0.3, 0.4) is 0 Å². The molecular formula is C17H24N4O2. The molecule has 0 spiro atoms. The molecule has 0 amide bonds. The molecule has 2 N–H and O–H groups in total. The van der Waals surface area contributed by atoms with Gasteiger partial charge in [0.1, 0.15) is 23.9 Å². The maximum Gasteiger partial charge on any atom is 0.224 e. The molecule has 23 heavy (non-hydrogen) atoms. The van der Waals surface area contributed by atoms with Crippen molar-refractivity contribution in [1.82, 2.24) is 9.97 Å². The number of methoxy groups -OCH3 is 1. The van der Waals surface area contributed by atoms with E-state index in [0.29, 0.717) is 19.1 Å². The average molecular weight is 316 g/mol. The fourth-order valence-corrected chi connectivity index (χ4v) is 1.94. The highest BCUT2D eigenvalue weighted by molar-refractivity contribution is 5.39. The summed E-state index contributed by atoms with van der Waals surface area (Å²) in [4.78, 5) is 8.61. The third-order valence-corrected chi connectivity index (χ3v) is 3.21. The lowest BCUT2D eigenvalue weighted by atomic mass is 10.3. The van der Waals surface area contributed by atoms with Crippen LogP contribution in [-0.4, -0.2) is 36.8 Å². The number of rotatable bonds is 10. The van der Waals surface area contributed by atoms with Crippen molar-refractivity contribution in [2.75, 3.05) is 37.4 Å². The van der Waals surface area contributed by atoms with Gasteiger partial charge in [0, 0.05) is 12.7 Å². The van der Waals surface area contributed by atoms with Crippen molar-refractivity contribution < 1.29 is 9.47 Å². The molecule has 1 aromatic heterocycles. The van der Waals surface area contributed by atoms with Gasteiger partial charge in [-0.2, -0.15) is 4.98 Å². The first-order chi connectivity index (χ1) is 11.3. The van der Waals surface area contributed by atoms with Crippen LogP contribution in [0.15, 0.2) is 36.5 Å². The zero-order valence-corrected chi connectivity index (χ0v) is 13.7. The van der Waals surface area contributed by atoms with Crippen molar-refractivity contribution in [1.29, 1.82) is 0 Å². The Balaban J connectivity index is 1.71. The fraction of sp³-hybridized carbons (Fsp3) is 0.412. The van der Waals surface area contributed by atoms with Crippen molar-refractivity contribution in [3.8, 4) is 11.5 Å². The minimum absolute atomic E-state index is 0.531. The second-order valence-corrected chi connectivity index (χ2v) is 5.00. The van der Waals surface area contributed by atoms with E-state index >= 15 is 0 Å². The highest BCUT2D eigenvalue weighted by Crippen LogP contribution is 2.16. The van der Waals surface area contributed by atoms with Gasteiger partial charge in [-0.3, -0.25) is 0 Å². The lowest BCUT2D eigenvalue weighted by Gasteiger charge is -2.09. The first kappa shape index (κ1) is 16.9. The van der Waals surface area contributed by atoms with E-state index in [2.05, 4.69) is 27.5 Å². The summed E-state index contributed by atoms with van der Waals surface area (Å²) in [7, 11) is 1.64. The normalized spacial score (nSPS) is 10.2. The Bertz CT molecular complexity index is 575. The van der Waals surface area contributed by atoms with Crippen molar-refractivity contribution in [2.45, 2.75) is 19.8 Å². The van der Waals surface area contributed by atoms with Crippen LogP contribution in [0.25, 0.3) is 0 Å². The second kappa shape index (κ2) is 9.50. The van der Waals surface area contributed by atoms with Gasteiger partial charge in [-0.15, -0.1) is 0 Å². The van der Waals surface area contributed by atoms with Gasteiger partial charge in [0.25, 0.3) is 0 Å². The summed E-state index contributed by atoms with van der Waals surface area (Å²) < 4.78 is 10.8. The molecule has 0 bridgehead atoms. The summed E-state index contributed by atoms with van der Waals surface area (Å²) >= 11 is 0. The Morgan fingerprint density at radius 3 is 2.52 bits per heavy atom. The van der Waals surface area contributed by atoms with Crippen molar-refractivity contribution in [2.24, 2.45) is 0 Å². The first-order valence-corrected chi connectivity index (χ1v) is 7.89. The van der Waals surface area contributed by atoms with Crippen molar-refractivity contribution >= 4 is 11.8 Å². The van der Waals surface area contributed by atoms with Crippen LogP contribution in [0.4, 0.5) is 11.8 Å². The monoisotopic (exact) mass is 316 g/mol. The van der Waals surface area contributed by atoms with Crippen LogP contribution in [0.2, 0.25) is 0 Å². The average Bonchev–Trinajstić information content (AvgIpc) is 2.60. The summed E-state index contributed by atoms with van der Waals surface area (Å²) in [6.07, 6.45) is 4.03. The summed E-state index contributed by atoms with van der Waals surface area (Å²) in [6, 6.07) is 9.38. The van der Waals surface area contributed by atoms with Gasteiger partial charge >= 0.3 is 0 Å². The Labute approximate surface area is 137 Å². The number of ether oxygens (including phenoxy) is 2. The van der Waals surface area contributed by atoms with E-state index in [1.807, 2.05) is 30.3 Å². The molecule has 1 heterocycles. The van der Waals surface area contributed by atoms with Crippen molar-refractivity contribution in [3.63, 3.8) is 0 Å². The van der Waals surface area contributed by atoms with Gasteiger partial charge in [-0.05, 0) is 36.8 Å². The molecule has 2 rings (SSSR count). The number of hydrogen-bond donors (Lipinski definition) is 2.